The Hall–Kier alpha value is -6.17. The maximum Gasteiger partial charge on any atom is 0.264 e. The van der Waals surface area contributed by atoms with E-state index in [1.54, 1.807) is 89.8 Å². The second kappa shape index (κ2) is 30.8. The van der Waals surface area contributed by atoms with Crippen LogP contribution in [-0.4, -0.2) is 131 Å². The molecule has 3 aromatic carbocycles. The molecule has 0 saturated carbocycles. The molecule has 0 unspecified atom stereocenters. The third-order valence-corrected chi connectivity index (χ3v) is 19.7. The van der Waals surface area contributed by atoms with Crippen LogP contribution in [0.4, 0.5) is 0 Å². The Balaban J connectivity index is 0.000000455. The van der Waals surface area contributed by atoms with Crippen LogP contribution < -0.4 is 30.7 Å². The Kier molecular flexibility index (Phi) is 26.6. The van der Waals surface area contributed by atoms with E-state index in [1.807, 2.05) is 138 Å². The molecular weight excluding hydrogens is 1180 g/mol. The molecule has 0 aliphatic rings. The summed E-state index contributed by atoms with van der Waals surface area (Å²) < 4.78 is 54.4. The fourth-order valence-electron chi connectivity index (χ4n) is 9.93. The predicted molar refractivity (Wildman–Crippen MR) is 352 cm³/mol. The number of thiophene rings is 1. The van der Waals surface area contributed by atoms with Gasteiger partial charge in [0.05, 0.1) is 34.0 Å². The number of aryl methyl sites for hydroxylation is 2. The molecule has 0 aliphatic carbocycles. The standard InChI is InChI=1S/C33H48N4O5S2.C32H48N4O5S2/c1-21(2)26(20-23(4)29(38)36-44(41,42)25-18-16-22(3)17-19-25)37(10)31(40)28(33(7,8)43)35-30(39)27(34-9)32(5,6)24-14-12-11-13-15-24;1-20(2)24(19-22(4)28(37)35-43(40,41)23-16-14-21(3)15-17-23)36(11)30(39)27(31(5,6)7)34-29(38)26(33-10)32(8,9)25-13-12-18-42-25/h11-21,26-28,34,43H,1-10H3,(H,35,39)(H,36,38);12-20,24,26-27,33H,1-11H3,(H,34,38)(H,35,37)/b23-20+;22-19+/t26-,27-,28-;24-,26-,27-/m11/s1. The minimum Gasteiger partial charge on any atom is -0.342 e. The molecule has 0 radical (unpaired) electrons. The topological polar surface area (TPSA) is 249 Å². The maximum absolute atomic E-state index is 14.0. The summed E-state index contributed by atoms with van der Waals surface area (Å²) >= 11 is 6.25. The van der Waals surface area contributed by atoms with E-state index in [9.17, 15) is 45.6 Å². The molecule has 0 fully saturated rings. The van der Waals surface area contributed by atoms with Gasteiger partial charge in [-0.1, -0.05) is 160 Å². The van der Waals surface area contributed by atoms with Gasteiger partial charge in [-0.2, -0.15) is 12.6 Å². The highest BCUT2D eigenvalue weighted by Crippen LogP contribution is 2.33. The van der Waals surface area contributed by atoms with Crippen molar-refractivity contribution in [1.29, 1.82) is 0 Å². The minimum atomic E-state index is -4.09. The van der Waals surface area contributed by atoms with Gasteiger partial charge in [0.25, 0.3) is 31.9 Å². The summed E-state index contributed by atoms with van der Waals surface area (Å²) in [7, 11) is -1.50. The SMILES string of the molecule is CN[C@H](C(=O)N[C@H](C(=O)N(C)[C@H](/C=C(\C)C(=O)NS(=O)(=O)c1ccc(C)cc1)C(C)C)C(C)(C)C)C(C)(C)c1cccs1.CN[C@H](C(=O)N[C@H](C(=O)N(C)[C@H](/C=C(\C)C(=O)NS(=O)(=O)c1ccc(C)cc1)C(C)C)C(C)(C)S)C(C)(C)c1ccccc1. The number of amides is 6. The summed E-state index contributed by atoms with van der Waals surface area (Å²) in [6.45, 7) is 31.3. The molecule has 18 nitrogen and oxygen atoms in total. The molecule has 0 bridgehead atoms. The van der Waals surface area contributed by atoms with E-state index in [0.717, 1.165) is 21.6 Å². The average molecular weight is 1280 g/mol. The van der Waals surface area contributed by atoms with Gasteiger partial charge >= 0.3 is 0 Å². The molecule has 4 rings (SSSR count). The lowest BCUT2D eigenvalue weighted by atomic mass is 9.77. The molecule has 6 N–H and O–H groups in total. The van der Waals surface area contributed by atoms with Crippen molar-refractivity contribution in [3.05, 3.63) is 141 Å². The lowest BCUT2D eigenvalue weighted by Crippen LogP contribution is -2.62. The Labute approximate surface area is 528 Å². The van der Waals surface area contributed by atoms with Crippen LogP contribution in [0.5, 0.6) is 0 Å². The molecule has 480 valence electrons. The van der Waals surface area contributed by atoms with Crippen LogP contribution in [0.2, 0.25) is 0 Å². The highest BCUT2D eigenvalue weighted by Gasteiger charge is 2.44. The molecule has 87 heavy (non-hydrogen) atoms. The largest absolute Gasteiger partial charge is 0.342 e. The summed E-state index contributed by atoms with van der Waals surface area (Å²) in [5, 5.41) is 14.2. The van der Waals surface area contributed by atoms with Gasteiger partial charge < -0.3 is 31.1 Å². The van der Waals surface area contributed by atoms with Crippen LogP contribution in [0.1, 0.15) is 125 Å². The Morgan fingerprint density at radius 1 is 0.529 bits per heavy atom. The average Bonchev–Trinajstić information content (AvgIpc) is 2.42. The third kappa shape index (κ3) is 20.2. The second-order valence-electron chi connectivity index (χ2n) is 25.7. The van der Waals surface area contributed by atoms with Gasteiger partial charge in [-0.25, -0.2) is 26.3 Å². The Morgan fingerprint density at radius 2 is 0.897 bits per heavy atom. The number of sulfonamides is 2. The van der Waals surface area contributed by atoms with Crippen LogP contribution in [0.25, 0.3) is 0 Å². The van der Waals surface area contributed by atoms with Gasteiger partial charge in [0, 0.05) is 45.7 Å². The summed E-state index contributed by atoms with van der Waals surface area (Å²) in [5.74, 6) is -3.22. The van der Waals surface area contributed by atoms with Crippen LogP contribution in [-0.2, 0) is 59.6 Å². The zero-order valence-corrected chi connectivity index (χ0v) is 58.0. The van der Waals surface area contributed by atoms with E-state index in [-0.39, 0.29) is 50.5 Å². The van der Waals surface area contributed by atoms with Crippen molar-refractivity contribution >= 4 is 79.5 Å². The number of nitrogens with zero attached hydrogens (tertiary/aromatic N) is 2. The number of hydrogen-bond acceptors (Lipinski definition) is 14. The number of hydrogen-bond donors (Lipinski definition) is 7. The molecule has 6 atom stereocenters. The van der Waals surface area contributed by atoms with Crippen molar-refractivity contribution in [3.63, 3.8) is 0 Å². The summed E-state index contributed by atoms with van der Waals surface area (Å²) in [4.78, 5) is 85.3. The zero-order valence-electron chi connectivity index (χ0n) is 54.7. The van der Waals surface area contributed by atoms with Crippen LogP contribution in [0, 0.1) is 31.1 Å². The number of likely N-dealkylation sites (N-methyl/N-ethyl adjacent to an activating group) is 4. The monoisotopic (exact) mass is 1280 g/mol. The molecule has 1 aromatic heterocycles. The van der Waals surface area contributed by atoms with Gasteiger partial charge in [-0.3, -0.25) is 28.8 Å². The number of benzene rings is 3. The molecule has 22 heteroatoms. The smallest absolute Gasteiger partial charge is 0.264 e. The number of carbonyl (C=O) groups is 6. The van der Waals surface area contributed by atoms with Crippen molar-refractivity contribution in [2.24, 2.45) is 17.3 Å². The minimum absolute atomic E-state index is 0.0159. The third-order valence-electron chi connectivity index (χ3n) is 15.5. The number of thiol groups is 1. The molecule has 0 saturated heterocycles. The Morgan fingerprint density at radius 3 is 1.23 bits per heavy atom. The van der Waals surface area contributed by atoms with E-state index < -0.39 is 95.0 Å². The molecule has 0 spiro atoms. The van der Waals surface area contributed by atoms with E-state index in [4.69, 9.17) is 0 Å². The first kappa shape index (κ1) is 75.1. The van der Waals surface area contributed by atoms with E-state index >= 15 is 0 Å². The highest BCUT2D eigenvalue weighted by molar-refractivity contribution is 7.90. The van der Waals surface area contributed by atoms with Crippen molar-refractivity contribution < 1.29 is 45.6 Å². The second-order valence-corrected chi connectivity index (χ2v) is 31.2. The number of nitrogens with one attached hydrogen (secondary N) is 6. The quantitative estimate of drug-likeness (QED) is 0.0244. The van der Waals surface area contributed by atoms with E-state index in [2.05, 4.69) is 43.3 Å². The lowest BCUT2D eigenvalue weighted by molar-refractivity contribution is -0.140. The fourth-order valence-corrected chi connectivity index (χ4v) is 13.0. The molecular formula is C65H96N8O10S4. The molecule has 6 amide bonds. The van der Waals surface area contributed by atoms with Gasteiger partial charge in [0.2, 0.25) is 23.6 Å². The highest BCUT2D eigenvalue weighted by atomic mass is 32.2. The number of rotatable bonds is 25. The van der Waals surface area contributed by atoms with E-state index in [0.29, 0.717) is 0 Å². The molecule has 4 aromatic rings. The van der Waals surface area contributed by atoms with Gasteiger partial charge in [0.15, 0.2) is 0 Å². The molecule has 0 aliphatic heterocycles. The maximum atomic E-state index is 14.0. The number of carbonyl (C=O) groups excluding carboxylic acids is 6. The normalized spacial score (nSPS) is 14.9. The Bertz CT molecular complexity index is 3290. The van der Waals surface area contributed by atoms with Crippen molar-refractivity contribution in [1.82, 2.24) is 40.5 Å². The van der Waals surface area contributed by atoms with Crippen molar-refractivity contribution in [2.45, 2.75) is 179 Å². The first-order chi connectivity index (χ1) is 40.0. The predicted octanol–water partition coefficient (Wildman–Crippen LogP) is 8.38. The lowest BCUT2D eigenvalue weighted by Gasteiger charge is -2.39. The van der Waals surface area contributed by atoms with E-state index in [1.165, 1.54) is 47.9 Å². The van der Waals surface area contributed by atoms with Gasteiger partial charge in [0.1, 0.15) is 12.1 Å². The van der Waals surface area contributed by atoms with Gasteiger partial charge in [-0.15, -0.1) is 11.3 Å². The summed E-state index contributed by atoms with van der Waals surface area (Å²) in [5.41, 5.74) is 1.26. The fraction of sp³-hybridized carbons (Fsp3) is 0.508. The van der Waals surface area contributed by atoms with Crippen LogP contribution in [0.15, 0.2) is 129 Å². The van der Waals surface area contributed by atoms with Crippen molar-refractivity contribution in [3.8, 4) is 0 Å². The summed E-state index contributed by atoms with van der Waals surface area (Å²) in [6.07, 6.45) is 3.17. The van der Waals surface area contributed by atoms with Crippen LogP contribution >= 0.6 is 24.0 Å². The first-order valence-electron chi connectivity index (χ1n) is 28.9. The summed E-state index contributed by atoms with van der Waals surface area (Å²) in [6, 6.07) is 21.7. The zero-order chi connectivity index (χ0) is 66.5. The first-order valence-corrected chi connectivity index (χ1v) is 33.2. The van der Waals surface area contributed by atoms with Crippen molar-refractivity contribution in [2.75, 3.05) is 28.2 Å². The van der Waals surface area contributed by atoms with Crippen LogP contribution in [0.3, 0.4) is 0 Å². The molecule has 1 heterocycles. The van der Waals surface area contributed by atoms with Gasteiger partial charge in [-0.05, 0) is 114 Å².